The molecule has 24 heavy (non-hydrogen) atoms. The molecule has 0 unspecified atom stereocenters. The van der Waals surface area contributed by atoms with Gasteiger partial charge >= 0.3 is 0 Å². The SMILES string of the molecule is Cc1ccn2c(NC(=O)C3CCC3)c(-c3ccccc3C)nc2c1. The first kappa shape index (κ1) is 14.9. The van der Waals surface area contributed by atoms with E-state index in [4.69, 9.17) is 4.98 Å². The van der Waals surface area contributed by atoms with Gasteiger partial charge in [-0.15, -0.1) is 0 Å². The Morgan fingerprint density at radius 2 is 2.00 bits per heavy atom. The van der Waals surface area contributed by atoms with Crippen LogP contribution >= 0.6 is 0 Å². The second kappa shape index (κ2) is 5.78. The third-order valence-electron chi connectivity index (χ3n) is 4.90. The summed E-state index contributed by atoms with van der Waals surface area (Å²) < 4.78 is 1.98. The zero-order valence-electron chi connectivity index (χ0n) is 14.0. The van der Waals surface area contributed by atoms with Crippen molar-refractivity contribution in [3.05, 3.63) is 53.7 Å². The molecule has 1 aliphatic carbocycles. The summed E-state index contributed by atoms with van der Waals surface area (Å²) in [5, 5.41) is 3.14. The molecule has 1 amide bonds. The minimum Gasteiger partial charge on any atom is -0.310 e. The van der Waals surface area contributed by atoms with E-state index in [1.807, 2.05) is 34.9 Å². The van der Waals surface area contributed by atoms with Gasteiger partial charge in [-0.05, 0) is 49.9 Å². The van der Waals surface area contributed by atoms with Crippen molar-refractivity contribution in [1.29, 1.82) is 0 Å². The second-order valence-electron chi connectivity index (χ2n) is 6.67. The molecule has 0 spiro atoms. The van der Waals surface area contributed by atoms with Gasteiger partial charge in [-0.25, -0.2) is 4.98 Å². The van der Waals surface area contributed by atoms with Crippen LogP contribution in [0.2, 0.25) is 0 Å². The van der Waals surface area contributed by atoms with Crippen LogP contribution in [0.25, 0.3) is 16.9 Å². The molecule has 3 aromatic rings. The minimum absolute atomic E-state index is 0.110. The number of carbonyl (C=O) groups is 1. The average molecular weight is 319 g/mol. The summed E-state index contributed by atoms with van der Waals surface area (Å²) in [6, 6.07) is 12.2. The molecule has 4 nitrogen and oxygen atoms in total. The molecule has 1 aliphatic rings. The fraction of sp³-hybridized carbons (Fsp3) is 0.300. The molecule has 0 saturated heterocycles. The molecule has 2 heterocycles. The number of nitrogens with one attached hydrogen (secondary N) is 1. The summed E-state index contributed by atoms with van der Waals surface area (Å²) in [5.74, 6) is 1.03. The van der Waals surface area contributed by atoms with Crippen molar-refractivity contribution in [2.45, 2.75) is 33.1 Å². The number of hydrogen-bond acceptors (Lipinski definition) is 2. The Kier molecular flexibility index (Phi) is 3.60. The van der Waals surface area contributed by atoms with Crippen molar-refractivity contribution in [2.24, 2.45) is 5.92 Å². The van der Waals surface area contributed by atoms with Crippen LogP contribution in [0.4, 0.5) is 5.82 Å². The number of carbonyl (C=O) groups excluding carboxylic acids is 1. The van der Waals surface area contributed by atoms with Crippen molar-refractivity contribution in [1.82, 2.24) is 9.38 Å². The molecular weight excluding hydrogens is 298 g/mol. The van der Waals surface area contributed by atoms with Gasteiger partial charge in [0, 0.05) is 17.7 Å². The zero-order chi connectivity index (χ0) is 16.7. The molecule has 0 bridgehead atoms. The van der Waals surface area contributed by atoms with Crippen LogP contribution in [0.15, 0.2) is 42.6 Å². The van der Waals surface area contributed by atoms with Crippen molar-refractivity contribution in [3.8, 4) is 11.3 Å². The normalized spacial score (nSPS) is 14.6. The number of fused-ring (bicyclic) bond motifs is 1. The van der Waals surface area contributed by atoms with Gasteiger partial charge in [0.05, 0.1) is 0 Å². The van der Waals surface area contributed by atoms with Crippen LogP contribution in [-0.4, -0.2) is 15.3 Å². The summed E-state index contributed by atoms with van der Waals surface area (Å²) in [6.07, 6.45) is 5.10. The standard InChI is InChI=1S/C20H21N3O/c1-13-10-11-23-17(12-13)21-18(16-9-4-3-6-14(16)2)19(23)22-20(24)15-7-5-8-15/h3-4,6,9-12,15H,5,7-8H2,1-2H3,(H,22,24). The fourth-order valence-corrected chi connectivity index (χ4v) is 3.18. The number of hydrogen-bond donors (Lipinski definition) is 1. The van der Waals surface area contributed by atoms with E-state index in [-0.39, 0.29) is 11.8 Å². The number of imidazole rings is 1. The van der Waals surface area contributed by atoms with Crippen LogP contribution < -0.4 is 5.32 Å². The maximum absolute atomic E-state index is 12.5. The van der Waals surface area contributed by atoms with Crippen molar-refractivity contribution >= 4 is 17.4 Å². The lowest BCUT2D eigenvalue weighted by Crippen LogP contribution is -2.28. The molecule has 1 fully saturated rings. The first-order valence-electron chi connectivity index (χ1n) is 8.49. The van der Waals surface area contributed by atoms with Gasteiger partial charge < -0.3 is 5.32 Å². The summed E-state index contributed by atoms with van der Waals surface area (Å²) in [7, 11) is 0. The maximum Gasteiger partial charge on any atom is 0.228 e. The monoisotopic (exact) mass is 319 g/mol. The van der Waals surface area contributed by atoms with E-state index in [1.165, 1.54) is 0 Å². The highest BCUT2D eigenvalue weighted by molar-refractivity contribution is 5.96. The Bertz CT molecular complexity index is 922. The Labute approximate surface area is 141 Å². The van der Waals surface area contributed by atoms with E-state index in [1.54, 1.807) is 0 Å². The number of aryl methyl sites for hydroxylation is 2. The Hall–Kier alpha value is -2.62. The lowest BCUT2D eigenvalue weighted by Gasteiger charge is -2.24. The molecule has 1 saturated carbocycles. The van der Waals surface area contributed by atoms with Gasteiger partial charge in [0.15, 0.2) is 0 Å². The van der Waals surface area contributed by atoms with E-state index in [0.29, 0.717) is 0 Å². The fourth-order valence-electron chi connectivity index (χ4n) is 3.18. The zero-order valence-corrected chi connectivity index (χ0v) is 14.0. The van der Waals surface area contributed by atoms with Gasteiger partial charge in [0.1, 0.15) is 17.2 Å². The maximum atomic E-state index is 12.5. The van der Waals surface area contributed by atoms with Gasteiger partial charge in [-0.3, -0.25) is 9.20 Å². The number of benzene rings is 1. The quantitative estimate of drug-likeness (QED) is 0.780. The van der Waals surface area contributed by atoms with Crippen molar-refractivity contribution < 1.29 is 4.79 Å². The third-order valence-corrected chi connectivity index (χ3v) is 4.90. The minimum atomic E-state index is 0.110. The smallest absolute Gasteiger partial charge is 0.228 e. The molecule has 4 heteroatoms. The Morgan fingerprint density at radius 3 is 2.71 bits per heavy atom. The van der Waals surface area contributed by atoms with Crippen molar-refractivity contribution in [3.63, 3.8) is 0 Å². The van der Waals surface area contributed by atoms with E-state index in [0.717, 1.165) is 53.1 Å². The Morgan fingerprint density at radius 1 is 1.21 bits per heavy atom. The van der Waals surface area contributed by atoms with Gasteiger partial charge in [-0.1, -0.05) is 30.7 Å². The predicted molar refractivity (Wildman–Crippen MR) is 96.1 cm³/mol. The topological polar surface area (TPSA) is 46.4 Å². The summed E-state index contributed by atoms with van der Waals surface area (Å²) >= 11 is 0. The van der Waals surface area contributed by atoms with Gasteiger partial charge in [0.2, 0.25) is 5.91 Å². The summed E-state index contributed by atoms with van der Waals surface area (Å²) in [5.41, 5.74) is 5.06. The highest BCUT2D eigenvalue weighted by Gasteiger charge is 2.27. The summed E-state index contributed by atoms with van der Waals surface area (Å²) in [6.45, 7) is 4.12. The van der Waals surface area contributed by atoms with Gasteiger partial charge in [0.25, 0.3) is 0 Å². The third kappa shape index (κ3) is 2.48. The molecular formula is C20H21N3O. The molecule has 1 N–H and O–H groups in total. The number of anilines is 1. The number of aromatic nitrogens is 2. The molecule has 0 atom stereocenters. The van der Waals surface area contributed by atoms with Crippen LogP contribution in [0.1, 0.15) is 30.4 Å². The van der Waals surface area contributed by atoms with E-state index in [9.17, 15) is 4.79 Å². The second-order valence-corrected chi connectivity index (χ2v) is 6.67. The number of pyridine rings is 1. The molecule has 0 radical (unpaired) electrons. The van der Waals surface area contributed by atoms with E-state index in [2.05, 4.69) is 31.3 Å². The highest BCUT2D eigenvalue weighted by atomic mass is 16.2. The van der Waals surface area contributed by atoms with Crippen LogP contribution in [-0.2, 0) is 4.79 Å². The van der Waals surface area contributed by atoms with Crippen molar-refractivity contribution in [2.75, 3.05) is 5.32 Å². The lowest BCUT2D eigenvalue weighted by atomic mass is 9.85. The summed E-state index contributed by atoms with van der Waals surface area (Å²) in [4.78, 5) is 17.3. The predicted octanol–water partition coefficient (Wildman–Crippen LogP) is 4.36. The van der Waals surface area contributed by atoms with E-state index >= 15 is 0 Å². The molecule has 2 aromatic heterocycles. The first-order valence-corrected chi connectivity index (χ1v) is 8.49. The highest BCUT2D eigenvalue weighted by Crippen LogP contribution is 2.33. The molecule has 1 aromatic carbocycles. The number of amides is 1. The molecule has 4 rings (SSSR count). The van der Waals surface area contributed by atoms with E-state index < -0.39 is 0 Å². The first-order chi connectivity index (χ1) is 11.6. The van der Waals surface area contributed by atoms with Crippen LogP contribution in [0.5, 0.6) is 0 Å². The largest absolute Gasteiger partial charge is 0.310 e. The Balaban J connectivity index is 1.86. The lowest BCUT2D eigenvalue weighted by molar-refractivity contribution is -0.122. The number of nitrogens with zero attached hydrogens (tertiary/aromatic N) is 2. The molecule has 122 valence electrons. The van der Waals surface area contributed by atoms with Crippen LogP contribution in [0, 0.1) is 19.8 Å². The van der Waals surface area contributed by atoms with Crippen LogP contribution in [0.3, 0.4) is 0 Å². The average Bonchev–Trinajstić information content (AvgIpc) is 2.83. The van der Waals surface area contributed by atoms with Gasteiger partial charge in [-0.2, -0.15) is 0 Å². The number of rotatable bonds is 3. The molecule has 0 aliphatic heterocycles.